The second kappa shape index (κ2) is 15.2. The maximum atomic E-state index is 13.0. The number of methoxy groups -OCH3 is 2. The fourth-order valence-corrected chi connectivity index (χ4v) is 3.71. The third kappa shape index (κ3) is 9.76. The molecule has 0 fully saturated rings. The number of amides is 4. The number of carbonyl (C=O) groups excluding carboxylic acids is 4. The number of rotatable bonds is 14. The summed E-state index contributed by atoms with van der Waals surface area (Å²) in [7, 11) is 3.03. The normalized spacial score (nSPS) is 12.2. The largest absolute Gasteiger partial charge is 0.497 e. The molecule has 0 bridgehead atoms. The predicted molar refractivity (Wildman–Crippen MR) is 144 cm³/mol. The van der Waals surface area contributed by atoms with E-state index in [9.17, 15) is 19.2 Å². The van der Waals surface area contributed by atoms with Gasteiger partial charge in [-0.15, -0.1) is 0 Å². The van der Waals surface area contributed by atoms with Crippen molar-refractivity contribution in [1.82, 2.24) is 21.3 Å². The molecule has 10 nitrogen and oxygen atoms in total. The summed E-state index contributed by atoms with van der Waals surface area (Å²) in [5, 5.41) is 10.6. The highest BCUT2D eigenvalue weighted by molar-refractivity contribution is 6.38. The molecule has 0 radical (unpaired) electrons. The third-order valence-electron chi connectivity index (χ3n) is 5.75. The number of carbonyl (C=O) groups is 4. The molecule has 206 valence electrons. The van der Waals surface area contributed by atoms with Gasteiger partial charge >= 0.3 is 6.03 Å². The highest BCUT2D eigenvalue weighted by atomic mass is 16.5. The summed E-state index contributed by atoms with van der Waals surface area (Å²) < 4.78 is 10.4. The summed E-state index contributed by atoms with van der Waals surface area (Å²) in [6, 6.07) is 12.1. The van der Waals surface area contributed by atoms with Crippen LogP contribution in [-0.2, 0) is 27.5 Å². The Morgan fingerprint density at radius 3 is 1.95 bits per heavy atom. The molecule has 0 saturated heterocycles. The first kappa shape index (κ1) is 30.1. The third-order valence-corrected chi connectivity index (χ3v) is 5.75. The van der Waals surface area contributed by atoms with Gasteiger partial charge in [-0.3, -0.25) is 14.4 Å². The summed E-state index contributed by atoms with van der Waals surface area (Å²) >= 11 is 0. The molecular formula is C28H38N4O6. The lowest BCUT2D eigenvalue weighted by Crippen LogP contribution is -2.55. The van der Waals surface area contributed by atoms with Gasteiger partial charge in [0.2, 0.25) is 11.7 Å². The SMILES string of the molecule is CC[C@H](NC(=O)[C@H](CC(C)C)NC(=O)NCc1ccccc1)C(=O)C(=O)NCc1cc(OC)cc(OC)c1. The van der Waals surface area contributed by atoms with Crippen LogP contribution < -0.4 is 30.7 Å². The van der Waals surface area contributed by atoms with E-state index in [4.69, 9.17) is 9.47 Å². The van der Waals surface area contributed by atoms with Crippen LogP contribution in [0.3, 0.4) is 0 Å². The van der Waals surface area contributed by atoms with E-state index in [1.807, 2.05) is 44.2 Å². The number of benzene rings is 2. The number of hydrogen-bond acceptors (Lipinski definition) is 6. The summed E-state index contributed by atoms with van der Waals surface area (Å²) in [6.45, 7) is 5.92. The molecule has 0 spiro atoms. The van der Waals surface area contributed by atoms with Crippen LogP contribution in [0.25, 0.3) is 0 Å². The lowest BCUT2D eigenvalue weighted by Gasteiger charge is -2.23. The van der Waals surface area contributed by atoms with Crippen molar-refractivity contribution in [2.75, 3.05) is 14.2 Å². The van der Waals surface area contributed by atoms with Gasteiger partial charge in [-0.25, -0.2) is 4.79 Å². The van der Waals surface area contributed by atoms with E-state index >= 15 is 0 Å². The van der Waals surface area contributed by atoms with Crippen LogP contribution in [0.1, 0.15) is 44.7 Å². The van der Waals surface area contributed by atoms with Gasteiger partial charge in [-0.1, -0.05) is 51.1 Å². The maximum absolute atomic E-state index is 13.0. The highest BCUT2D eigenvalue weighted by Gasteiger charge is 2.29. The summed E-state index contributed by atoms with van der Waals surface area (Å²) in [6.07, 6.45) is 0.568. The second-order valence-corrected chi connectivity index (χ2v) is 9.23. The van der Waals surface area contributed by atoms with Gasteiger partial charge in [0.05, 0.1) is 20.3 Å². The van der Waals surface area contributed by atoms with E-state index in [0.29, 0.717) is 30.0 Å². The van der Waals surface area contributed by atoms with Crippen molar-refractivity contribution in [1.29, 1.82) is 0 Å². The first-order chi connectivity index (χ1) is 18.2. The molecule has 2 aromatic carbocycles. The molecule has 0 aliphatic carbocycles. The molecule has 2 rings (SSSR count). The molecule has 0 aliphatic rings. The van der Waals surface area contributed by atoms with Crippen molar-refractivity contribution in [2.45, 2.75) is 58.8 Å². The van der Waals surface area contributed by atoms with Crippen molar-refractivity contribution < 1.29 is 28.7 Å². The molecule has 0 aliphatic heterocycles. The van der Waals surface area contributed by atoms with E-state index in [1.54, 1.807) is 25.1 Å². The molecular weight excluding hydrogens is 488 g/mol. The van der Waals surface area contributed by atoms with Crippen molar-refractivity contribution in [3.05, 3.63) is 59.7 Å². The summed E-state index contributed by atoms with van der Waals surface area (Å²) in [5.41, 5.74) is 1.60. The van der Waals surface area contributed by atoms with Gasteiger partial charge in [-0.05, 0) is 42.0 Å². The van der Waals surface area contributed by atoms with Gasteiger partial charge < -0.3 is 30.7 Å². The zero-order valence-corrected chi connectivity index (χ0v) is 22.6. The van der Waals surface area contributed by atoms with E-state index < -0.39 is 35.7 Å². The molecule has 4 N–H and O–H groups in total. The Kier molecular flexibility index (Phi) is 12.1. The Labute approximate surface area is 223 Å². The van der Waals surface area contributed by atoms with Gasteiger partial charge in [0.1, 0.15) is 17.5 Å². The summed E-state index contributed by atoms with van der Waals surface area (Å²) in [5.74, 6) is -0.927. The number of nitrogens with one attached hydrogen (secondary N) is 4. The van der Waals surface area contributed by atoms with Crippen LogP contribution >= 0.6 is 0 Å². The van der Waals surface area contributed by atoms with E-state index in [0.717, 1.165) is 5.56 Å². The Hall–Kier alpha value is -4.08. The smallest absolute Gasteiger partial charge is 0.315 e. The monoisotopic (exact) mass is 526 g/mol. The zero-order chi connectivity index (χ0) is 28.1. The van der Waals surface area contributed by atoms with Crippen molar-refractivity contribution in [2.24, 2.45) is 5.92 Å². The van der Waals surface area contributed by atoms with E-state index in [2.05, 4.69) is 21.3 Å². The average molecular weight is 527 g/mol. The van der Waals surface area contributed by atoms with Crippen molar-refractivity contribution >= 4 is 23.6 Å². The molecule has 2 atom stereocenters. The molecule has 0 heterocycles. The van der Waals surface area contributed by atoms with Gasteiger partial charge in [0.25, 0.3) is 5.91 Å². The van der Waals surface area contributed by atoms with E-state index in [1.165, 1.54) is 14.2 Å². The Balaban J connectivity index is 1.97. The second-order valence-electron chi connectivity index (χ2n) is 9.23. The summed E-state index contributed by atoms with van der Waals surface area (Å²) in [4.78, 5) is 50.9. The number of ketones is 1. The highest BCUT2D eigenvalue weighted by Crippen LogP contribution is 2.22. The minimum Gasteiger partial charge on any atom is -0.497 e. The topological polar surface area (TPSA) is 135 Å². The van der Waals surface area contributed by atoms with Crippen LogP contribution in [0.15, 0.2) is 48.5 Å². The molecule has 0 saturated carbocycles. The Bertz CT molecular complexity index is 1070. The fourth-order valence-electron chi connectivity index (χ4n) is 3.71. The van der Waals surface area contributed by atoms with Crippen molar-refractivity contribution in [3.63, 3.8) is 0 Å². The van der Waals surface area contributed by atoms with Gasteiger partial charge in [0, 0.05) is 19.2 Å². The average Bonchev–Trinajstić information content (AvgIpc) is 2.92. The minimum atomic E-state index is -1.04. The first-order valence-electron chi connectivity index (χ1n) is 12.6. The Morgan fingerprint density at radius 1 is 0.789 bits per heavy atom. The van der Waals surface area contributed by atoms with Gasteiger partial charge in [-0.2, -0.15) is 0 Å². The molecule has 0 aromatic heterocycles. The quantitative estimate of drug-likeness (QED) is 0.280. The number of ether oxygens (including phenoxy) is 2. The molecule has 38 heavy (non-hydrogen) atoms. The lowest BCUT2D eigenvalue weighted by atomic mass is 10.0. The predicted octanol–water partition coefficient (Wildman–Crippen LogP) is 2.70. The van der Waals surface area contributed by atoms with E-state index in [-0.39, 0.29) is 18.9 Å². The standard InChI is InChI=1S/C28H38N4O6/c1-6-23(25(33)27(35)29-17-20-13-21(37-4)15-22(14-20)38-5)31-26(34)24(12-18(2)3)32-28(36)30-16-19-10-8-7-9-11-19/h7-11,13-15,18,23-24H,6,12,16-17H2,1-5H3,(H,29,35)(H,31,34)(H2,30,32,36)/t23-,24-/m0/s1. The van der Waals surface area contributed by atoms with Crippen LogP contribution in [0, 0.1) is 5.92 Å². The molecule has 0 unspecified atom stereocenters. The molecule has 2 aromatic rings. The maximum Gasteiger partial charge on any atom is 0.315 e. The van der Waals surface area contributed by atoms with Crippen molar-refractivity contribution in [3.8, 4) is 11.5 Å². The first-order valence-corrected chi connectivity index (χ1v) is 12.6. The number of hydrogen-bond donors (Lipinski definition) is 4. The van der Waals surface area contributed by atoms with Gasteiger partial charge in [0.15, 0.2) is 0 Å². The van der Waals surface area contributed by atoms with Crippen LogP contribution in [0.4, 0.5) is 4.79 Å². The Morgan fingerprint density at radius 2 is 1.39 bits per heavy atom. The van der Waals surface area contributed by atoms with Crippen LogP contribution in [-0.4, -0.2) is 49.9 Å². The molecule has 4 amide bonds. The van der Waals surface area contributed by atoms with Crippen LogP contribution in [0.2, 0.25) is 0 Å². The number of urea groups is 1. The fraction of sp³-hybridized carbons (Fsp3) is 0.429. The zero-order valence-electron chi connectivity index (χ0n) is 22.6. The number of Topliss-reactive ketones (excluding diaryl/α,β-unsaturated/α-hetero) is 1. The molecule has 10 heteroatoms. The lowest BCUT2D eigenvalue weighted by molar-refractivity contribution is -0.140. The minimum absolute atomic E-state index is 0.0711. The van der Waals surface area contributed by atoms with Crippen LogP contribution in [0.5, 0.6) is 11.5 Å².